The Hall–Kier alpha value is -0.580. The second-order valence-electron chi connectivity index (χ2n) is 4.71. The van der Waals surface area contributed by atoms with Gasteiger partial charge in [0.25, 0.3) is 0 Å². The fraction of sp³-hybridized carbons (Fsp3) is 0.538. The SMILES string of the molecule is CC(N)CCS(=O)Cc1cc(Cl)cc2c1OCC2. The second kappa shape index (κ2) is 6.04. The topological polar surface area (TPSA) is 52.3 Å². The highest BCUT2D eigenvalue weighted by atomic mass is 35.5. The average molecular weight is 288 g/mol. The Morgan fingerprint density at radius 2 is 2.33 bits per heavy atom. The van der Waals surface area contributed by atoms with Gasteiger partial charge in [0.05, 0.1) is 12.4 Å². The summed E-state index contributed by atoms with van der Waals surface area (Å²) in [5.74, 6) is 2.00. The van der Waals surface area contributed by atoms with Gasteiger partial charge in [-0.3, -0.25) is 4.21 Å². The van der Waals surface area contributed by atoms with Crippen LogP contribution >= 0.6 is 11.6 Å². The summed E-state index contributed by atoms with van der Waals surface area (Å²) in [5, 5.41) is 0.693. The van der Waals surface area contributed by atoms with Crippen molar-refractivity contribution in [3.8, 4) is 5.75 Å². The molecule has 1 heterocycles. The monoisotopic (exact) mass is 287 g/mol. The van der Waals surface area contributed by atoms with Gasteiger partial charge in [0, 0.05) is 39.6 Å². The van der Waals surface area contributed by atoms with Gasteiger partial charge in [0.15, 0.2) is 0 Å². The number of hydrogen-bond acceptors (Lipinski definition) is 3. The molecule has 1 aromatic carbocycles. The van der Waals surface area contributed by atoms with Crippen LogP contribution in [0.1, 0.15) is 24.5 Å². The number of nitrogens with two attached hydrogens (primary N) is 1. The number of fused-ring (bicyclic) bond motifs is 1. The van der Waals surface area contributed by atoms with Crippen LogP contribution in [0, 0.1) is 0 Å². The number of hydrogen-bond donors (Lipinski definition) is 1. The zero-order chi connectivity index (χ0) is 13.1. The van der Waals surface area contributed by atoms with Crippen molar-refractivity contribution in [1.29, 1.82) is 0 Å². The summed E-state index contributed by atoms with van der Waals surface area (Å²) in [5.41, 5.74) is 7.75. The lowest BCUT2D eigenvalue weighted by molar-refractivity contribution is 0.354. The summed E-state index contributed by atoms with van der Waals surface area (Å²) in [6.07, 6.45) is 1.66. The quantitative estimate of drug-likeness (QED) is 0.904. The van der Waals surface area contributed by atoms with Crippen molar-refractivity contribution in [3.63, 3.8) is 0 Å². The highest BCUT2D eigenvalue weighted by Crippen LogP contribution is 2.33. The molecule has 2 N–H and O–H groups in total. The lowest BCUT2D eigenvalue weighted by atomic mass is 10.1. The summed E-state index contributed by atoms with van der Waals surface area (Å²) in [7, 11) is -0.911. The fourth-order valence-corrected chi connectivity index (χ4v) is 3.62. The molecule has 1 aromatic rings. The van der Waals surface area contributed by atoms with Gasteiger partial charge in [0.1, 0.15) is 5.75 Å². The fourth-order valence-electron chi connectivity index (χ4n) is 2.02. The Kier molecular flexibility index (Phi) is 4.65. The highest BCUT2D eigenvalue weighted by Gasteiger charge is 2.18. The van der Waals surface area contributed by atoms with Gasteiger partial charge in [-0.2, -0.15) is 0 Å². The molecule has 100 valence electrons. The Morgan fingerprint density at radius 3 is 3.06 bits per heavy atom. The first-order valence-corrected chi connectivity index (χ1v) is 7.97. The molecule has 0 fully saturated rings. The maximum atomic E-state index is 12.0. The van der Waals surface area contributed by atoms with Crippen LogP contribution in [0.4, 0.5) is 0 Å². The van der Waals surface area contributed by atoms with Gasteiger partial charge >= 0.3 is 0 Å². The van der Waals surface area contributed by atoms with Crippen molar-refractivity contribution < 1.29 is 8.95 Å². The van der Waals surface area contributed by atoms with E-state index in [-0.39, 0.29) is 6.04 Å². The lowest BCUT2D eigenvalue weighted by Gasteiger charge is -2.09. The molecular weight excluding hydrogens is 270 g/mol. The third-order valence-electron chi connectivity index (χ3n) is 2.94. The molecular formula is C13H18ClNO2S. The molecule has 2 unspecified atom stereocenters. The number of halogens is 1. The molecule has 5 heteroatoms. The molecule has 2 atom stereocenters. The average Bonchev–Trinajstić information content (AvgIpc) is 2.74. The summed E-state index contributed by atoms with van der Waals surface area (Å²) in [4.78, 5) is 0. The molecule has 1 aliphatic rings. The zero-order valence-corrected chi connectivity index (χ0v) is 12.0. The van der Waals surface area contributed by atoms with E-state index in [1.165, 1.54) is 0 Å². The van der Waals surface area contributed by atoms with Crippen LogP contribution in [0.25, 0.3) is 0 Å². The van der Waals surface area contributed by atoms with Crippen LogP contribution in [0.3, 0.4) is 0 Å². The Morgan fingerprint density at radius 1 is 1.56 bits per heavy atom. The molecule has 1 aliphatic heterocycles. The van der Waals surface area contributed by atoms with Crippen molar-refractivity contribution >= 4 is 22.4 Å². The van der Waals surface area contributed by atoms with Crippen LogP contribution in [0.5, 0.6) is 5.75 Å². The van der Waals surface area contributed by atoms with E-state index in [1.54, 1.807) is 0 Å². The van der Waals surface area contributed by atoms with E-state index in [9.17, 15) is 4.21 Å². The number of ether oxygens (including phenoxy) is 1. The molecule has 18 heavy (non-hydrogen) atoms. The minimum Gasteiger partial charge on any atom is -0.493 e. The molecule has 2 rings (SSSR count). The summed E-state index contributed by atoms with van der Waals surface area (Å²) >= 11 is 6.06. The predicted molar refractivity (Wildman–Crippen MR) is 75.6 cm³/mol. The van der Waals surface area contributed by atoms with Crippen LogP contribution in [0.2, 0.25) is 5.02 Å². The molecule has 0 amide bonds. The van der Waals surface area contributed by atoms with Crippen molar-refractivity contribution in [2.45, 2.75) is 31.6 Å². The van der Waals surface area contributed by atoms with Gasteiger partial charge in [-0.1, -0.05) is 11.6 Å². The number of benzene rings is 1. The van der Waals surface area contributed by atoms with Crippen LogP contribution in [0.15, 0.2) is 12.1 Å². The van der Waals surface area contributed by atoms with Gasteiger partial charge in [0.2, 0.25) is 0 Å². The van der Waals surface area contributed by atoms with E-state index < -0.39 is 10.8 Å². The van der Waals surface area contributed by atoms with E-state index in [0.717, 1.165) is 29.7 Å². The molecule has 0 saturated carbocycles. The Balaban J connectivity index is 2.07. The smallest absolute Gasteiger partial charge is 0.126 e. The molecule has 0 bridgehead atoms. The van der Waals surface area contributed by atoms with Crippen molar-refractivity contribution in [1.82, 2.24) is 0 Å². The molecule has 0 aromatic heterocycles. The molecule has 0 spiro atoms. The van der Waals surface area contributed by atoms with Gasteiger partial charge in [-0.25, -0.2) is 0 Å². The zero-order valence-electron chi connectivity index (χ0n) is 10.4. The Bertz CT molecular complexity index is 463. The summed E-state index contributed by atoms with van der Waals surface area (Å²) in [6, 6.07) is 3.88. The minimum atomic E-state index is -0.911. The Labute approximate surface area is 115 Å². The minimum absolute atomic E-state index is 0.0928. The van der Waals surface area contributed by atoms with E-state index in [1.807, 2.05) is 19.1 Å². The predicted octanol–water partition coefficient (Wildman–Crippen LogP) is 2.26. The summed E-state index contributed by atoms with van der Waals surface area (Å²) in [6.45, 7) is 2.62. The first-order valence-electron chi connectivity index (χ1n) is 6.11. The van der Waals surface area contributed by atoms with Gasteiger partial charge < -0.3 is 10.5 Å². The molecule has 0 radical (unpaired) electrons. The van der Waals surface area contributed by atoms with Crippen LogP contribution in [-0.2, 0) is 23.0 Å². The molecule has 0 aliphatic carbocycles. The maximum absolute atomic E-state index is 12.0. The van der Waals surface area contributed by atoms with E-state index in [4.69, 9.17) is 22.1 Å². The van der Waals surface area contributed by atoms with E-state index in [2.05, 4.69) is 0 Å². The van der Waals surface area contributed by atoms with Crippen molar-refractivity contribution in [3.05, 3.63) is 28.3 Å². The van der Waals surface area contributed by atoms with Crippen LogP contribution in [-0.4, -0.2) is 22.6 Å². The lowest BCUT2D eigenvalue weighted by Crippen LogP contribution is -2.18. The van der Waals surface area contributed by atoms with Crippen molar-refractivity contribution in [2.75, 3.05) is 12.4 Å². The molecule has 3 nitrogen and oxygen atoms in total. The standard InChI is InChI=1S/C13H18ClNO2S/c1-9(15)3-5-18(16)8-11-7-12(14)6-10-2-4-17-13(10)11/h6-7,9H,2-5,8,15H2,1H3. The van der Waals surface area contributed by atoms with Gasteiger partial charge in [-0.15, -0.1) is 0 Å². The van der Waals surface area contributed by atoms with E-state index in [0.29, 0.717) is 23.1 Å². The first kappa shape index (κ1) is 13.8. The summed E-state index contributed by atoms with van der Waals surface area (Å²) < 4.78 is 17.6. The van der Waals surface area contributed by atoms with Gasteiger partial charge in [-0.05, 0) is 31.0 Å². The highest BCUT2D eigenvalue weighted by molar-refractivity contribution is 7.84. The third-order valence-corrected chi connectivity index (χ3v) is 4.48. The maximum Gasteiger partial charge on any atom is 0.126 e. The third kappa shape index (κ3) is 3.46. The largest absolute Gasteiger partial charge is 0.493 e. The second-order valence-corrected chi connectivity index (χ2v) is 6.72. The first-order chi connectivity index (χ1) is 8.56. The van der Waals surface area contributed by atoms with Crippen LogP contribution < -0.4 is 10.5 Å². The van der Waals surface area contributed by atoms with E-state index >= 15 is 0 Å². The van der Waals surface area contributed by atoms with Crippen molar-refractivity contribution in [2.24, 2.45) is 5.73 Å². The number of rotatable bonds is 5. The normalized spacial score (nSPS) is 17.1. The molecule has 0 saturated heterocycles.